The van der Waals surface area contributed by atoms with Gasteiger partial charge < -0.3 is 9.84 Å². The van der Waals surface area contributed by atoms with Gasteiger partial charge in [-0.05, 0) is 32.3 Å². The molecule has 0 aromatic rings. The molecule has 3 heteroatoms. The summed E-state index contributed by atoms with van der Waals surface area (Å²) in [5.74, 6) is -0.345. The highest BCUT2D eigenvalue weighted by Gasteiger charge is 2.08. The van der Waals surface area contributed by atoms with Gasteiger partial charge in [0.15, 0.2) is 0 Å². The highest BCUT2D eigenvalue weighted by molar-refractivity contribution is 5.82. The first-order valence-electron chi connectivity index (χ1n) is 5.75. The number of esters is 1. The van der Waals surface area contributed by atoms with Crippen molar-refractivity contribution in [3.05, 3.63) is 12.2 Å². The molecule has 0 unspecified atom stereocenters. The van der Waals surface area contributed by atoms with Crippen LogP contribution in [-0.2, 0) is 9.53 Å². The summed E-state index contributed by atoms with van der Waals surface area (Å²) in [5, 5.41) is 9.48. The highest BCUT2D eigenvalue weighted by atomic mass is 16.5. The van der Waals surface area contributed by atoms with Gasteiger partial charge in [0.05, 0.1) is 12.2 Å². The smallest absolute Gasteiger partial charge is 0.330 e. The fraction of sp³-hybridized carbons (Fsp3) is 0.750. The number of hydrogen-bond donors (Lipinski definition) is 1. The maximum absolute atomic E-state index is 11.2. The van der Waals surface area contributed by atoms with E-state index >= 15 is 0 Å². The van der Waals surface area contributed by atoms with Gasteiger partial charge in [0, 0.05) is 6.08 Å². The molecule has 1 rings (SSSR count). The molecular weight excluding hydrogens is 192 g/mol. The Hall–Kier alpha value is -0.830. The molecule has 0 bridgehead atoms. The Bertz CT molecular complexity index is 223. The molecule has 1 aliphatic heterocycles. The third-order valence-corrected chi connectivity index (χ3v) is 2.63. The van der Waals surface area contributed by atoms with Crippen LogP contribution < -0.4 is 0 Å². The maximum atomic E-state index is 11.2. The van der Waals surface area contributed by atoms with Crippen molar-refractivity contribution >= 4 is 5.97 Å². The minimum atomic E-state index is -0.507. The summed E-state index contributed by atoms with van der Waals surface area (Å²) in [6, 6.07) is 0. The SMILES string of the molecule is C[C@@H]1CCCCCC[C@@H](O)/C=C/C(=O)O1. The van der Waals surface area contributed by atoms with Crippen molar-refractivity contribution in [2.75, 3.05) is 0 Å². The van der Waals surface area contributed by atoms with Crippen LogP contribution in [0.1, 0.15) is 45.4 Å². The van der Waals surface area contributed by atoms with Crippen LogP contribution in [-0.4, -0.2) is 23.3 Å². The van der Waals surface area contributed by atoms with Crippen LogP contribution >= 0.6 is 0 Å². The molecule has 0 saturated heterocycles. The average molecular weight is 212 g/mol. The Morgan fingerprint density at radius 2 is 1.93 bits per heavy atom. The van der Waals surface area contributed by atoms with E-state index in [2.05, 4.69) is 0 Å². The molecule has 15 heavy (non-hydrogen) atoms. The van der Waals surface area contributed by atoms with Crippen molar-refractivity contribution in [1.82, 2.24) is 0 Å². The average Bonchev–Trinajstić information content (AvgIpc) is 2.18. The largest absolute Gasteiger partial charge is 0.460 e. The summed E-state index contributed by atoms with van der Waals surface area (Å²) in [6.07, 6.45) is 8.42. The van der Waals surface area contributed by atoms with Gasteiger partial charge in [-0.25, -0.2) is 4.79 Å². The summed E-state index contributed by atoms with van der Waals surface area (Å²) < 4.78 is 5.13. The minimum absolute atomic E-state index is 0.0151. The molecule has 0 aromatic heterocycles. The van der Waals surface area contributed by atoms with E-state index in [0.29, 0.717) is 0 Å². The molecule has 0 fully saturated rings. The Balaban J connectivity index is 2.48. The van der Waals surface area contributed by atoms with Crippen molar-refractivity contribution in [3.8, 4) is 0 Å². The van der Waals surface area contributed by atoms with E-state index in [4.69, 9.17) is 4.74 Å². The number of aliphatic hydroxyl groups excluding tert-OH is 1. The molecule has 0 spiro atoms. The van der Waals surface area contributed by atoms with Crippen molar-refractivity contribution in [1.29, 1.82) is 0 Å². The Kier molecular flexibility index (Phi) is 5.40. The first kappa shape index (κ1) is 12.2. The molecule has 0 radical (unpaired) electrons. The van der Waals surface area contributed by atoms with Crippen molar-refractivity contribution in [2.45, 2.75) is 57.7 Å². The first-order valence-corrected chi connectivity index (χ1v) is 5.75. The molecule has 1 aliphatic rings. The van der Waals surface area contributed by atoms with Crippen LogP contribution in [0.4, 0.5) is 0 Å². The molecule has 0 amide bonds. The molecule has 0 aromatic carbocycles. The lowest BCUT2D eigenvalue weighted by Gasteiger charge is -2.13. The zero-order valence-corrected chi connectivity index (χ0v) is 9.32. The molecule has 3 nitrogen and oxygen atoms in total. The van der Waals surface area contributed by atoms with Gasteiger partial charge in [0.25, 0.3) is 0 Å². The van der Waals surface area contributed by atoms with E-state index in [0.717, 1.165) is 38.5 Å². The number of ether oxygens (including phenoxy) is 1. The Morgan fingerprint density at radius 1 is 1.27 bits per heavy atom. The number of hydrogen-bond acceptors (Lipinski definition) is 3. The Labute approximate surface area is 91.1 Å². The molecule has 1 heterocycles. The normalized spacial score (nSPS) is 32.3. The van der Waals surface area contributed by atoms with Crippen LogP contribution in [0.15, 0.2) is 12.2 Å². The fourth-order valence-electron chi connectivity index (χ4n) is 1.72. The summed E-state index contributed by atoms with van der Waals surface area (Å²) in [6.45, 7) is 1.91. The molecule has 86 valence electrons. The molecule has 0 aliphatic carbocycles. The zero-order valence-electron chi connectivity index (χ0n) is 9.32. The van der Waals surface area contributed by atoms with Crippen molar-refractivity contribution in [3.63, 3.8) is 0 Å². The van der Waals surface area contributed by atoms with Gasteiger partial charge in [-0.3, -0.25) is 0 Å². The second-order valence-electron chi connectivity index (χ2n) is 4.17. The lowest BCUT2D eigenvalue weighted by atomic mass is 10.1. The minimum Gasteiger partial charge on any atom is -0.460 e. The highest BCUT2D eigenvalue weighted by Crippen LogP contribution is 2.12. The standard InChI is InChI=1S/C12H20O3/c1-10-6-4-2-3-5-7-11(13)8-9-12(14)15-10/h8-11,13H,2-7H2,1H3/b9-8+/t10-,11-/m1/s1. The second kappa shape index (κ2) is 6.62. The van der Waals surface area contributed by atoms with E-state index in [1.807, 2.05) is 6.92 Å². The summed E-state index contributed by atoms with van der Waals surface area (Å²) >= 11 is 0. The third-order valence-electron chi connectivity index (χ3n) is 2.63. The molecule has 2 atom stereocenters. The van der Waals surface area contributed by atoms with E-state index in [9.17, 15) is 9.90 Å². The quantitative estimate of drug-likeness (QED) is 0.626. The van der Waals surface area contributed by atoms with Gasteiger partial charge in [-0.1, -0.05) is 19.3 Å². The van der Waals surface area contributed by atoms with Crippen LogP contribution in [0.2, 0.25) is 0 Å². The van der Waals surface area contributed by atoms with Gasteiger partial charge >= 0.3 is 5.97 Å². The van der Waals surface area contributed by atoms with Crippen LogP contribution in [0.5, 0.6) is 0 Å². The van der Waals surface area contributed by atoms with Crippen molar-refractivity contribution < 1.29 is 14.6 Å². The van der Waals surface area contributed by atoms with Crippen LogP contribution in [0.25, 0.3) is 0 Å². The van der Waals surface area contributed by atoms with Gasteiger partial charge in [0.2, 0.25) is 0 Å². The Morgan fingerprint density at radius 3 is 2.67 bits per heavy atom. The first-order chi connectivity index (χ1) is 7.18. The second-order valence-corrected chi connectivity index (χ2v) is 4.17. The molecule has 0 saturated carbocycles. The maximum Gasteiger partial charge on any atom is 0.330 e. The van der Waals surface area contributed by atoms with E-state index in [1.54, 1.807) is 0 Å². The number of cyclic esters (lactones) is 1. The van der Waals surface area contributed by atoms with Gasteiger partial charge in [-0.15, -0.1) is 0 Å². The molecular formula is C12H20O3. The van der Waals surface area contributed by atoms with Crippen LogP contribution in [0.3, 0.4) is 0 Å². The molecule has 1 N–H and O–H groups in total. The zero-order chi connectivity index (χ0) is 11.1. The summed E-state index contributed by atoms with van der Waals surface area (Å²) in [7, 11) is 0. The van der Waals surface area contributed by atoms with E-state index in [-0.39, 0.29) is 12.1 Å². The van der Waals surface area contributed by atoms with E-state index in [1.165, 1.54) is 12.2 Å². The van der Waals surface area contributed by atoms with Gasteiger partial charge in [-0.2, -0.15) is 0 Å². The number of rotatable bonds is 0. The predicted molar refractivity (Wildman–Crippen MR) is 58.4 cm³/mol. The third kappa shape index (κ3) is 5.57. The van der Waals surface area contributed by atoms with Crippen molar-refractivity contribution in [2.24, 2.45) is 0 Å². The van der Waals surface area contributed by atoms with Crippen LogP contribution in [0, 0.1) is 0 Å². The predicted octanol–water partition coefficient (Wildman–Crippen LogP) is 2.19. The number of carbonyl (C=O) groups is 1. The lowest BCUT2D eigenvalue weighted by molar-refractivity contribution is -0.142. The van der Waals surface area contributed by atoms with E-state index < -0.39 is 6.10 Å². The lowest BCUT2D eigenvalue weighted by Crippen LogP contribution is -2.14. The number of carbonyl (C=O) groups excluding carboxylic acids is 1. The fourth-order valence-corrected chi connectivity index (χ4v) is 1.72. The summed E-state index contributed by atoms with van der Waals surface area (Å²) in [5.41, 5.74) is 0. The topological polar surface area (TPSA) is 46.5 Å². The monoisotopic (exact) mass is 212 g/mol. The number of aliphatic hydroxyl groups is 1. The summed E-state index contributed by atoms with van der Waals surface area (Å²) in [4.78, 5) is 11.2. The van der Waals surface area contributed by atoms with Gasteiger partial charge in [0.1, 0.15) is 0 Å².